The van der Waals surface area contributed by atoms with Crippen LogP contribution in [-0.2, 0) is 9.47 Å². The molecule has 0 aromatic heterocycles. The van der Waals surface area contributed by atoms with Gasteiger partial charge in [0.2, 0.25) is 0 Å². The van der Waals surface area contributed by atoms with Crippen molar-refractivity contribution in [3.8, 4) is 0 Å². The van der Waals surface area contributed by atoms with E-state index in [2.05, 4.69) is 0 Å². The van der Waals surface area contributed by atoms with Gasteiger partial charge in [-0.25, -0.2) is 0 Å². The van der Waals surface area contributed by atoms with Gasteiger partial charge in [-0.3, -0.25) is 0 Å². The lowest BCUT2D eigenvalue weighted by Crippen LogP contribution is -2.22. The van der Waals surface area contributed by atoms with Crippen molar-refractivity contribution < 1.29 is 9.47 Å². The molecule has 2 rings (SSSR count). The number of hydrogen-bond donors (Lipinski definition) is 0. The first-order chi connectivity index (χ1) is 4.95. The zero-order chi connectivity index (χ0) is 6.81. The molecular formula is C8H14O2. The predicted octanol–water partition coefficient (Wildman–Crippen LogP) is 1.69. The Morgan fingerprint density at radius 1 is 1.10 bits per heavy atom. The standard InChI is InChI=1S/C8H14O2/c1-2-6-9-8(3-1)10-7-4-5-7/h7-8H,1-6H2. The molecule has 1 heterocycles. The number of rotatable bonds is 2. The monoisotopic (exact) mass is 142 g/mol. The largest absolute Gasteiger partial charge is 0.353 e. The first kappa shape index (κ1) is 6.62. The summed E-state index contributed by atoms with van der Waals surface area (Å²) < 4.78 is 11.0. The predicted molar refractivity (Wildman–Crippen MR) is 37.7 cm³/mol. The van der Waals surface area contributed by atoms with E-state index in [-0.39, 0.29) is 6.29 Å². The van der Waals surface area contributed by atoms with Crippen LogP contribution in [0.3, 0.4) is 0 Å². The normalized spacial score (nSPS) is 34.2. The van der Waals surface area contributed by atoms with E-state index in [1.165, 1.54) is 25.7 Å². The highest BCUT2D eigenvalue weighted by molar-refractivity contribution is 4.74. The zero-order valence-corrected chi connectivity index (χ0v) is 6.21. The Balaban J connectivity index is 1.69. The Hall–Kier alpha value is -0.0800. The van der Waals surface area contributed by atoms with E-state index in [9.17, 15) is 0 Å². The molecule has 58 valence electrons. The van der Waals surface area contributed by atoms with Gasteiger partial charge in [0.1, 0.15) is 0 Å². The first-order valence-corrected chi connectivity index (χ1v) is 4.22. The van der Waals surface area contributed by atoms with Crippen LogP contribution in [0.15, 0.2) is 0 Å². The molecule has 2 aliphatic rings. The molecule has 1 aliphatic carbocycles. The van der Waals surface area contributed by atoms with E-state index >= 15 is 0 Å². The minimum atomic E-state index is 0.140. The zero-order valence-electron chi connectivity index (χ0n) is 6.21. The van der Waals surface area contributed by atoms with Gasteiger partial charge in [0.15, 0.2) is 6.29 Å². The Morgan fingerprint density at radius 2 is 2.00 bits per heavy atom. The van der Waals surface area contributed by atoms with Gasteiger partial charge >= 0.3 is 0 Å². The summed E-state index contributed by atoms with van der Waals surface area (Å²) in [6.45, 7) is 0.900. The molecule has 0 radical (unpaired) electrons. The van der Waals surface area contributed by atoms with Gasteiger partial charge in [-0.15, -0.1) is 0 Å². The van der Waals surface area contributed by atoms with Crippen molar-refractivity contribution in [2.24, 2.45) is 0 Å². The van der Waals surface area contributed by atoms with Gasteiger partial charge in [0.25, 0.3) is 0 Å². The molecule has 1 saturated heterocycles. The minimum absolute atomic E-state index is 0.140. The summed E-state index contributed by atoms with van der Waals surface area (Å²) in [6.07, 6.45) is 6.78. The smallest absolute Gasteiger partial charge is 0.157 e. The summed E-state index contributed by atoms with van der Waals surface area (Å²) in [7, 11) is 0. The van der Waals surface area contributed by atoms with Crippen LogP contribution in [0.25, 0.3) is 0 Å². The quantitative estimate of drug-likeness (QED) is 0.584. The van der Waals surface area contributed by atoms with E-state index in [1.807, 2.05) is 0 Å². The lowest BCUT2D eigenvalue weighted by atomic mass is 10.2. The van der Waals surface area contributed by atoms with E-state index in [4.69, 9.17) is 9.47 Å². The van der Waals surface area contributed by atoms with E-state index in [0.29, 0.717) is 6.10 Å². The molecule has 2 heteroatoms. The Bertz CT molecular complexity index is 104. The van der Waals surface area contributed by atoms with Crippen molar-refractivity contribution in [3.63, 3.8) is 0 Å². The van der Waals surface area contributed by atoms with E-state index in [0.717, 1.165) is 13.0 Å². The Morgan fingerprint density at radius 3 is 2.60 bits per heavy atom. The third-order valence-electron chi connectivity index (χ3n) is 2.01. The summed E-state index contributed by atoms with van der Waals surface area (Å²) in [5.41, 5.74) is 0. The van der Waals surface area contributed by atoms with Gasteiger partial charge in [-0.2, -0.15) is 0 Å². The fourth-order valence-electron chi connectivity index (χ4n) is 1.24. The Kier molecular flexibility index (Phi) is 1.91. The van der Waals surface area contributed by atoms with E-state index in [1.54, 1.807) is 0 Å². The highest BCUT2D eigenvalue weighted by atomic mass is 16.7. The second-order valence-electron chi connectivity index (χ2n) is 3.13. The molecule has 2 fully saturated rings. The SMILES string of the molecule is C1CCC(OC2CC2)OC1. The first-order valence-electron chi connectivity index (χ1n) is 4.22. The molecule has 1 saturated carbocycles. The topological polar surface area (TPSA) is 18.5 Å². The molecule has 0 bridgehead atoms. The average molecular weight is 142 g/mol. The molecule has 10 heavy (non-hydrogen) atoms. The highest BCUT2D eigenvalue weighted by Crippen LogP contribution is 2.27. The fraction of sp³-hybridized carbons (Fsp3) is 1.00. The van der Waals surface area contributed by atoms with Crippen LogP contribution in [-0.4, -0.2) is 19.0 Å². The molecule has 0 N–H and O–H groups in total. The molecule has 1 unspecified atom stereocenters. The molecule has 0 spiro atoms. The summed E-state index contributed by atoms with van der Waals surface area (Å²) in [6, 6.07) is 0. The molecule has 0 amide bonds. The number of ether oxygens (including phenoxy) is 2. The van der Waals surface area contributed by atoms with Crippen LogP contribution in [0.2, 0.25) is 0 Å². The summed E-state index contributed by atoms with van der Waals surface area (Å²) in [5.74, 6) is 0. The lowest BCUT2D eigenvalue weighted by molar-refractivity contribution is -0.168. The Labute approximate surface area is 61.5 Å². The second kappa shape index (κ2) is 2.89. The van der Waals surface area contributed by atoms with Crippen LogP contribution < -0.4 is 0 Å². The van der Waals surface area contributed by atoms with Gasteiger partial charge in [0, 0.05) is 6.61 Å². The third kappa shape index (κ3) is 1.70. The second-order valence-corrected chi connectivity index (χ2v) is 3.13. The fourth-order valence-corrected chi connectivity index (χ4v) is 1.24. The van der Waals surface area contributed by atoms with Crippen LogP contribution in [0.1, 0.15) is 32.1 Å². The van der Waals surface area contributed by atoms with E-state index < -0.39 is 0 Å². The van der Waals surface area contributed by atoms with Gasteiger partial charge < -0.3 is 9.47 Å². The summed E-state index contributed by atoms with van der Waals surface area (Å²) in [5, 5.41) is 0. The third-order valence-corrected chi connectivity index (χ3v) is 2.01. The highest BCUT2D eigenvalue weighted by Gasteiger charge is 2.27. The number of hydrogen-bond acceptors (Lipinski definition) is 2. The van der Waals surface area contributed by atoms with Crippen molar-refractivity contribution in [1.82, 2.24) is 0 Å². The maximum Gasteiger partial charge on any atom is 0.157 e. The maximum atomic E-state index is 5.58. The average Bonchev–Trinajstić information content (AvgIpc) is 2.74. The molecule has 2 nitrogen and oxygen atoms in total. The van der Waals surface area contributed by atoms with Crippen molar-refractivity contribution in [3.05, 3.63) is 0 Å². The van der Waals surface area contributed by atoms with Crippen LogP contribution >= 0.6 is 0 Å². The van der Waals surface area contributed by atoms with Crippen molar-refractivity contribution in [2.75, 3.05) is 6.61 Å². The minimum Gasteiger partial charge on any atom is -0.353 e. The summed E-state index contributed by atoms with van der Waals surface area (Å²) in [4.78, 5) is 0. The molecule has 0 aromatic carbocycles. The lowest BCUT2D eigenvalue weighted by Gasteiger charge is -2.22. The van der Waals surface area contributed by atoms with Crippen LogP contribution in [0.5, 0.6) is 0 Å². The molecular weight excluding hydrogens is 128 g/mol. The molecule has 0 aromatic rings. The maximum absolute atomic E-state index is 5.58. The van der Waals surface area contributed by atoms with Crippen molar-refractivity contribution >= 4 is 0 Å². The van der Waals surface area contributed by atoms with Crippen molar-refractivity contribution in [1.29, 1.82) is 0 Å². The van der Waals surface area contributed by atoms with Gasteiger partial charge in [-0.05, 0) is 32.1 Å². The summed E-state index contributed by atoms with van der Waals surface area (Å²) >= 11 is 0. The van der Waals surface area contributed by atoms with Gasteiger partial charge in [0.05, 0.1) is 6.10 Å². The van der Waals surface area contributed by atoms with Crippen LogP contribution in [0, 0.1) is 0 Å². The van der Waals surface area contributed by atoms with Crippen LogP contribution in [0.4, 0.5) is 0 Å². The molecule has 1 aliphatic heterocycles. The van der Waals surface area contributed by atoms with Gasteiger partial charge in [-0.1, -0.05) is 0 Å². The van der Waals surface area contributed by atoms with Crippen molar-refractivity contribution in [2.45, 2.75) is 44.5 Å². The molecule has 1 atom stereocenters.